The fraction of sp³-hybridized carbons (Fsp3) is 0.667. The summed E-state index contributed by atoms with van der Waals surface area (Å²) in [7, 11) is 0. The molecule has 0 aliphatic carbocycles. The Bertz CT molecular complexity index is 321. The minimum absolute atomic E-state index is 0.434. The molecule has 3 nitrogen and oxygen atoms in total. The van der Waals surface area contributed by atoms with Gasteiger partial charge in [0.15, 0.2) is 0 Å². The van der Waals surface area contributed by atoms with Gasteiger partial charge >= 0.3 is 0 Å². The van der Waals surface area contributed by atoms with Crippen molar-refractivity contribution in [3.05, 3.63) is 17.6 Å². The van der Waals surface area contributed by atoms with Crippen molar-refractivity contribution >= 4 is 5.82 Å². The minimum Gasteiger partial charge on any atom is -0.367 e. The normalized spacial score (nSPS) is 12.9. The lowest BCUT2D eigenvalue weighted by Gasteiger charge is -2.18. The van der Waals surface area contributed by atoms with Gasteiger partial charge in [0.05, 0.1) is 0 Å². The first-order valence-electron chi connectivity index (χ1n) is 5.64. The van der Waals surface area contributed by atoms with E-state index in [2.05, 4.69) is 43.0 Å². The Hall–Kier alpha value is -1.12. The van der Waals surface area contributed by atoms with E-state index in [-0.39, 0.29) is 0 Å². The molecule has 0 aromatic carbocycles. The van der Waals surface area contributed by atoms with Gasteiger partial charge in [0, 0.05) is 17.8 Å². The summed E-state index contributed by atoms with van der Waals surface area (Å²) in [5, 5.41) is 3.41. The van der Waals surface area contributed by atoms with Crippen molar-refractivity contribution in [1.29, 1.82) is 0 Å². The van der Waals surface area contributed by atoms with E-state index in [0.717, 1.165) is 23.8 Å². The first-order chi connectivity index (χ1) is 7.02. The van der Waals surface area contributed by atoms with Crippen molar-refractivity contribution in [2.24, 2.45) is 5.92 Å². The molecule has 0 bridgehead atoms. The Balaban J connectivity index is 2.80. The molecule has 0 radical (unpaired) electrons. The van der Waals surface area contributed by atoms with Crippen LogP contribution >= 0.6 is 0 Å². The lowest BCUT2D eigenvalue weighted by molar-refractivity contribution is 0.558. The van der Waals surface area contributed by atoms with Crippen LogP contribution in [0.3, 0.4) is 0 Å². The summed E-state index contributed by atoms with van der Waals surface area (Å²) in [6, 6.07) is 2.47. The lowest BCUT2D eigenvalue weighted by Crippen LogP contribution is -2.22. The van der Waals surface area contributed by atoms with Crippen LogP contribution in [0.1, 0.15) is 39.2 Å². The number of anilines is 1. The average molecular weight is 207 g/mol. The maximum Gasteiger partial charge on any atom is 0.130 e. The maximum absolute atomic E-state index is 4.38. The zero-order chi connectivity index (χ0) is 11.4. The van der Waals surface area contributed by atoms with Crippen molar-refractivity contribution in [2.75, 3.05) is 5.32 Å². The van der Waals surface area contributed by atoms with Crippen LogP contribution in [0.25, 0.3) is 0 Å². The second kappa shape index (κ2) is 5.10. The summed E-state index contributed by atoms with van der Waals surface area (Å²) in [4.78, 5) is 8.74. The van der Waals surface area contributed by atoms with E-state index in [1.54, 1.807) is 0 Å². The highest BCUT2D eigenvalue weighted by Crippen LogP contribution is 2.11. The molecule has 1 atom stereocenters. The Morgan fingerprint density at radius 2 is 1.93 bits per heavy atom. The molecule has 1 rings (SSSR count). The molecule has 0 saturated heterocycles. The van der Waals surface area contributed by atoms with E-state index < -0.39 is 0 Å². The quantitative estimate of drug-likeness (QED) is 0.825. The van der Waals surface area contributed by atoms with Gasteiger partial charge in [-0.3, -0.25) is 0 Å². The molecule has 0 amide bonds. The fourth-order valence-electron chi connectivity index (χ4n) is 1.28. The van der Waals surface area contributed by atoms with Crippen LogP contribution in [0.4, 0.5) is 5.82 Å². The average Bonchev–Trinajstić information content (AvgIpc) is 2.16. The Kier molecular flexibility index (Phi) is 4.06. The van der Waals surface area contributed by atoms with E-state index in [1.807, 2.05) is 13.0 Å². The van der Waals surface area contributed by atoms with Crippen LogP contribution < -0.4 is 5.32 Å². The Morgan fingerprint density at radius 3 is 2.47 bits per heavy atom. The molecule has 1 heterocycles. The van der Waals surface area contributed by atoms with Crippen LogP contribution in [0.15, 0.2) is 6.07 Å². The number of hydrogen-bond donors (Lipinski definition) is 1. The third-order valence-corrected chi connectivity index (χ3v) is 2.63. The monoisotopic (exact) mass is 207 g/mol. The largest absolute Gasteiger partial charge is 0.367 e. The molecule has 1 aromatic rings. The van der Waals surface area contributed by atoms with Crippen LogP contribution in [0, 0.1) is 12.8 Å². The van der Waals surface area contributed by atoms with Gasteiger partial charge < -0.3 is 5.32 Å². The third kappa shape index (κ3) is 3.50. The van der Waals surface area contributed by atoms with Crippen LogP contribution in [0.2, 0.25) is 0 Å². The summed E-state index contributed by atoms with van der Waals surface area (Å²) < 4.78 is 0. The zero-order valence-corrected chi connectivity index (χ0v) is 10.3. The van der Waals surface area contributed by atoms with E-state index in [9.17, 15) is 0 Å². The van der Waals surface area contributed by atoms with Crippen molar-refractivity contribution < 1.29 is 0 Å². The molecular weight excluding hydrogens is 186 g/mol. The number of aryl methyl sites for hydroxylation is 2. The summed E-state index contributed by atoms with van der Waals surface area (Å²) in [5.74, 6) is 2.39. The smallest absolute Gasteiger partial charge is 0.130 e. The maximum atomic E-state index is 4.38. The van der Waals surface area contributed by atoms with Gasteiger partial charge in [0.2, 0.25) is 0 Å². The molecule has 0 spiro atoms. The highest BCUT2D eigenvalue weighted by molar-refractivity contribution is 5.37. The first-order valence-corrected chi connectivity index (χ1v) is 5.64. The number of rotatable bonds is 4. The van der Waals surface area contributed by atoms with Crippen molar-refractivity contribution in [3.63, 3.8) is 0 Å². The van der Waals surface area contributed by atoms with E-state index in [0.29, 0.717) is 12.0 Å². The van der Waals surface area contributed by atoms with Gasteiger partial charge in [-0.25, -0.2) is 9.97 Å². The second-order valence-corrected chi connectivity index (χ2v) is 4.32. The highest BCUT2D eigenvalue weighted by atomic mass is 15.0. The molecular formula is C12H21N3. The minimum atomic E-state index is 0.434. The van der Waals surface area contributed by atoms with Crippen LogP contribution in [-0.4, -0.2) is 16.0 Å². The zero-order valence-electron chi connectivity index (χ0n) is 10.3. The third-order valence-electron chi connectivity index (χ3n) is 2.63. The fourth-order valence-corrected chi connectivity index (χ4v) is 1.28. The highest BCUT2D eigenvalue weighted by Gasteiger charge is 2.08. The van der Waals surface area contributed by atoms with E-state index in [4.69, 9.17) is 0 Å². The number of aromatic nitrogens is 2. The van der Waals surface area contributed by atoms with Gasteiger partial charge in [-0.2, -0.15) is 0 Å². The molecule has 0 saturated carbocycles. The van der Waals surface area contributed by atoms with Crippen molar-refractivity contribution in [2.45, 2.75) is 47.1 Å². The van der Waals surface area contributed by atoms with Gasteiger partial charge in [-0.15, -0.1) is 0 Å². The molecule has 15 heavy (non-hydrogen) atoms. The molecule has 1 unspecified atom stereocenters. The molecule has 1 aromatic heterocycles. The van der Waals surface area contributed by atoms with Gasteiger partial charge in [0.25, 0.3) is 0 Å². The topological polar surface area (TPSA) is 37.8 Å². The van der Waals surface area contributed by atoms with Crippen LogP contribution in [0.5, 0.6) is 0 Å². The van der Waals surface area contributed by atoms with Crippen molar-refractivity contribution in [1.82, 2.24) is 9.97 Å². The Labute approximate surface area is 92.3 Å². The van der Waals surface area contributed by atoms with E-state index in [1.165, 1.54) is 0 Å². The number of nitrogens with zero attached hydrogens (tertiary/aromatic N) is 2. The number of nitrogens with one attached hydrogen (secondary N) is 1. The second-order valence-electron chi connectivity index (χ2n) is 4.32. The Morgan fingerprint density at radius 1 is 1.27 bits per heavy atom. The summed E-state index contributed by atoms with van der Waals surface area (Å²) in [6.45, 7) is 10.6. The van der Waals surface area contributed by atoms with Gasteiger partial charge in [-0.05, 0) is 26.2 Å². The predicted octanol–water partition coefficient (Wildman–Crippen LogP) is 2.80. The van der Waals surface area contributed by atoms with E-state index >= 15 is 0 Å². The van der Waals surface area contributed by atoms with Crippen LogP contribution in [-0.2, 0) is 6.42 Å². The lowest BCUT2D eigenvalue weighted by atomic mass is 10.1. The molecule has 0 aliphatic rings. The SMILES string of the molecule is CCc1cc(NC(C)C(C)C)nc(C)n1. The summed E-state index contributed by atoms with van der Waals surface area (Å²) >= 11 is 0. The summed E-state index contributed by atoms with van der Waals surface area (Å²) in [6.07, 6.45) is 0.952. The molecule has 0 aliphatic heterocycles. The summed E-state index contributed by atoms with van der Waals surface area (Å²) in [5.41, 5.74) is 1.10. The molecule has 1 N–H and O–H groups in total. The standard InChI is InChI=1S/C12H21N3/c1-6-11-7-12(15-10(5)14-11)13-9(4)8(2)3/h7-9H,6H2,1-5H3,(H,13,14,15). The molecule has 3 heteroatoms. The number of hydrogen-bond acceptors (Lipinski definition) is 3. The predicted molar refractivity (Wildman–Crippen MR) is 64.1 cm³/mol. The van der Waals surface area contributed by atoms with Gasteiger partial charge in [0.1, 0.15) is 11.6 Å². The molecule has 84 valence electrons. The van der Waals surface area contributed by atoms with Gasteiger partial charge in [-0.1, -0.05) is 20.8 Å². The first kappa shape index (κ1) is 12.0. The van der Waals surface area contributed by atoms with Crippen molar-refractivity contribution in [3.8, 4) is 0 Å². The molecule has 0 fully saturated rings.